The van der Waals surface area contributed by atoms with Crippen LogP contribution >= 0.6 is 0 Å². The maximum absolute atomic E-state index is 14.3. The van der Waals surface area contributed by atoms with Gasteiger partial charge in [-0.1, -0.05) is 26.3 Å². The summed E-state index contributed by atoms with van der Waals surface area (Å²) in [6.07, 6.45) is 1.12. The molecule has 0 saturated heterocycles. The fourth-order valence-corrected chi connectivity index (χ4v) is 2.12. The molecule has 0 bridgehead atoms. The fourth-order valence-electron chi connectivity index (χ4n) is 2.12. The van der Waals surface area contributed by atoms with Gasteiger partial charge in [0.2, 0.25) is 0 Å². The van der Waals surface area contributed by atoms with Crippen molar-refractivity contribution >= 4 is 5.69 Å². The van der Waals surface area contributed by atoms with Crippen LogP contribution in [-0.2, 0) is 0 Å². The highest BCUT2D eigenvalue weighted by atomic mass is 19.1. The number of benzene rings is 1. The summed E-state index contributed by atoms with van der Waals surface area (Å²) < 4.78 is 14.3. The second-order valence-electron chi connectivity index (χ2n) is 5.27. The Morgan fingerprint density at radius 3 is 2.42 bits per heavy atom. The fraction of sp³-hybridized carbons (Fsp3) is 0.625. The number of nitrogens with one attached hydrogen (secondary N) is 1. The lowest BCUT2D eigenvalue weighted by Gasteiger charge is -2.27. The third kappa shape index (κ3) is 4.20. The van der Waals surface area contributed by atoms with Gasteiger partial charge in [-0.2, -0.15) is 0 Å². The van der Waals surface area contributed by atoms with Gasteiger partial charge >= 0.3 is 0 Å². The van der Waals surface area contributed by atoms with Crippen LogP contribution in [0.4, 0.5) is 10.1 Å². The Balaban J connectivity index is 2.93. The van der Waals surface area contributed by atoms with E-state index in [0.717, 1.165) is 30.8 Å². The molecule has 1 N–H and O–H groups in total. The van der Waals surface area contributed by atoms with E-state index in [4.69, 9.17) is 0 Å². The molecule has 108 valence electrons. The van der Waals surface area contributed by atoms with Crippen LogP contribution in [0.5, 0.6) is 0 Å². The SMILES string of the molecule is CCC(C)CN(CC)c1ccc(C(C)NC)cc1F. The molecule has 1 rings (SSSR count). The van der Waals surface area contributed by atoms with E-state index in [0.29, 0.717) is 5.92 Å². The van der Waals surface area contributed by atoms with E-state index in [1.807, 2.05) is 26.1 Å². The summed E-state index contributed by atoms with van der Waals surface area (Å²) in [4.78, 5) is 2.12. The Bertz CT molecular complexity index is 392. The minimum Gasteiger partial charge on any atom is -0.369 e. The highest BCUT2D eigenvalue weighted by Gasteiger charge is 2.14. The van der Waals surface area contributed by atoms with Crippen LogP contribution in [-0.4, -0.2) is 20.1 Å². The van der Waals surface area contributed by atoms with Crippen LogP contribution in [0.3, 0.4) is 0 Å². The summed E-state index contributed by atoms with van der Waals surface area (Å²) in [5.41, 5.74) is 1.71. The van der Waals surface area contributed by atoms with Crippen molar-refractivity contribution in [1.29, 1.82) is 0 Å². The summed E-state index contributed by atoms with van der Waals surface area (Å²) in [5, 5.41) is 3.13. The lowest BCUT2D eigenvalue weighted by Crippen LogP contribution is -2.29. The lowest BCUT2D eigenvalue weighted by atomic mass is 10.1. The summed E-state index contributed by atoms with van der Waals surface area (Å²) >= 11 is 0. The van der Waals surface area contributed by atoms with Gasteiger partial charge in [0.1, 0.15) is 5.82 Å². The number of hydrogen-bond acceptors (Lipinski definition) is 2. The van der Waals surface area contributed by atoms with Crippen molar-refractivity contribution in [3.05, 3.63) is 29.6 Å². The summed E-state index contributed by atoms with van der Waals surface area (Å²) in [7, 11) is 1.89. The van der Waals surface area contributed by atoms with E-state index < -0.39 is 0 Å². The maximum atomic E-state index is 14.3. The number of anilines is 1. The molecule has 0 fully saturated rings. The van der Waals surface area contributed by atoms with Gasteiger partial charge in [-0.25, -0.2) is 4.39 Å². The molecule has 0 aromatic heterocycles. The molecule has 3 heteroatoms. The highest BCUT2D eigenvalue weighted by Crippen LogP contribution is 2.24. The van der Waals surface area contributed by atoms with Crippen molar-refractivity contribution in [3.63, 3.8) is 0 Å². The molecule has 19 heavy (non-hydrogen) atoms. The molecule has 2 atom stereocenters. The molecule has 0 saturated carbocycles. The molecule has 1 aromatic carbocycles. The zero-order valence-corrected chi connectivity index (χ0v) is 12.8. The first-order valence-corrected chi connectivity index (χ1v) is 7.25. The van der Waals surface area contributed by atoms with Crippen molar-refractivity contribution in [2.75, 3.05) is 25.0 Å². The van der Waals surface area contributed by atoms with Crippen LogP contribution in [0, 0.1) is 11.7 Å². The highest BCUT2D eigenvalue weighted by molar-refractivity contribution is 5.49. The number of rotatable bonds is 7. The van der Waals surface area contributed by atoms with Gasteiger partial charge in [0.15, 0.2) is 0 Å². The average molecular weight is 266 g/mol. The summed E-state index contributed by atoms with van der Waals surface area (Å²) in [5.74, 6) is 0.458. The third-order valence-electron chi connectivity index (χ3n) is 3.86. The Morgan fingerprint density at radius 1 is 1.26 bits per heavy atom. The topological polar surface area (TPSA) is 15.3 Å². The Morgan fingerprint density at radius 2 is 1.95 bits per heavy atom. The molecular formula is C16H27FN2. The second-order valence-corrected chi connectivity index (χ2v) is 5.27. The predicted octanol–water partition coefficient (Wildman–Crippen LogP) is 3.98. The molecule has 0 amide bonds. The Labute approximate surface area is 117 Å². The van der Waals surface area contributed by atoms with E-state index in [-0.39, 0.29) is 11.9 Å². The van der Waals surface area contributed by atoms with Crippen molar-refractivity contribution in [1.82, 2.24) is 5.32 Å². The van der Waals surface area contributed by atoms with E-state index in [1.54, 1.807) is 6.07 Å². The predicted molar refractivity (Wildman–Crippen MR) is 81.2 cm³/mol. The first-order chi connectivity index (χ1) is 9.03. The van der Waals surface area contributed by atoms with E-state index >= 15 is 0 Å². The van der Waals surface area contributed by atoms with Gasteiger partial charge in [-0.05, 0) is 44.5 Å². The molecule has 0 radical (unpaired) electrons. The first kappa shape index (κ1) is 16.0. The van der Waals surface area contributed by atoms with Gasteiger partial charge in [-0.3, -0.25) is 0 Å². The van der Waals surface area contributed by atoms with Crippen LogP contribution in [0.1, 0.15) is 45.7 Å². The monoisotopic (exact) mass is 266 g/mol. The van der Waals surface area contributed by atoms with Crippen molar-refractivity contribution in [3.8, 4) is 0 Å². The Hall–Kier alpha value is -1.09. The van der Waals surface area contributed by atoms with Crippen LogP contribution in [0.15, 0.2) is 18.2 Å². The molecule has 1 aromatic rings. The lowest BCUT2D eigenvalue weighted by molar-refractivity contribution is 0.537. The van der Waals surface area contributed by atoms with Crippen LogP contribution in [0.2, 0.25) is 0 Å². The first-order valence-electron chi connectivity index (χ1n) is 7.25. The minimum atomic E-state index is -0.121. The van der Waals surface area contributed by atoms with Crippen molar-refractivity contribution < 1.29 is 4.39 Å². The third-order valence-corrected chi connectivity index (χ3v) is 3.86. The molecular weight excluding hydrogens is 239 g/mol. The molecule has 0 spiro atoms. The van der Waals surface area contributed by atoms with Gasteiger partial charge in [0.25, 0.3) is 0 Å². The van der Waals surface area contributed by atoms with E-state index in [2.05, 4.69) is 31.0 Å². The largest absolute Gasteiger partial charge is 0.369 e. The average Bonchev–Trinajstić information content (AvgIpc) is 2.43. The summed E-state index contributed by atoms with van der Waals surface area (Å²) in [6.45, 7) is 10.2. The smallest absolute Gasteiger partial charge is 0.146 e. The molecule has 2 unspecified atom stereocenters. The number of hydrogen-bond donors (Lipinski definition) is 1. The molecule has 0 aliphatic rings. The van der Waals surface area contributed by atoms with E-state index in [9.17, 15) is 4.39 Å². The van der Waals surface area contributed by atoms with Crippen LogP contribution in [0.25, 0.3) is 0 Å². The molecule has 2 nitrogen and oxygen atoms in total. The Kier molecular flexibility index (Phi) is 6.29. The maximum Gasteiger partial charge on any atom is 0.146 e. The quantitative estimate of drug-likeness (QED) is 0.803. The van der Waals surface area contributed by atoms with Gasteiger partial charge in [0.05, 0.1) is 5.69 Å². The normalized spacial score (nSPS) is 14.2. The number of halogens is 1. The zero-order chi connectivity index (χ0) is 14.4. The van der Waals surface area contributed by atoms with Crippen LogP contribution < -0.4 is 10.2 Å². The number of nitrogens with zero attached hydrogens (tertiary/aromatic N) is 1. The van der Waals surface area contributed by atoms with E-state index in [1.165, 1.54) is 0 Å². The minimum absolute atomic E-state index is 0.121. The van der Waals surface area contributed by atoms with Gasteiger partial charge in [-0.15, -0.1) is 0 Å². The molecule has 0 aliphatic carbocycles. The zero-order valence-electron chi connectivity index (χ0n) is 12.8. The van der Waals surface area contributed by atoms with Gasteiger partial charge in [0, 0.05) is 19.1 Å². The molecule has 0 heterocycles. The van der Waals surface area contributed by atoms with Crippen molar-refractivity contribution in [2.24, 2.45) is 5.92 Å². The van der Waals surface area contributed by atoms with Crippen molar-refractivity contribution in [2.45, 2.75) is 40.2 Å². The molecule has 0 aliphatic heterocycles. The second kappa shape index (κ2) is 7.49. The van der Waals surface area contributed by atoms with Gasteiger partial charge < -0.3 is 10.2 Å². The summed E-state index contributed by atoms with van der Waals surface area (Å²) in [6, 6.07) is 5.74. The standard InChI is InChI=1S/C16H27FN2/c1-6-12(3)11-19(7-2)16-9-8-14(10-15(16)17)13(4)18-5/h8-10,12-13,18H,6-7,11H2,1-5H3.